The smallest absolute Gasteiger partial charge is 0.252 e. The number of carbonyl (C=O) groups excluding carboxylic acids is 1. The molecule has 0 saturated carbocycles. The minimum absolute atomic E-state index is 0.120. The molecular weight excluding hydrogens is 474 g/mol. The van der Waals surface area contributed by atoms with Crippen LogP contribution < -0.4 is 5.32 Å². The first-order chi connectivity index (χ1) is 12.7. The Labute approximate surface area is 174 Å². The summed E-state index contributed by atoms with van der Waals surface area (Å²) in [5.41, 5.74) is 1.52. The van der Waals surface area contributed by atoms with E-state index in [4.69, 9.17) is 4.74 Å². The summed E-state index contributed by atoms with van der Waals surface area (Å²) in [7, 11) is -1.89. The van der Waals surface area contributed by atoms with Crippen molar-refractivity contribution >= 4 is 59.7 Å². The number of nitrogens with one attached hydrogen (secondary N) is 1. The number of sulfonamides is 1. The number of hydrogen-bond acceptors (Lipinski definition) is 7. The van der Waals surface area contributed by atoms with Crippen LogP contribution in [0.2, 0.25) is 0 Å². The van der Waals surface area contributed by atoms with Gasteiger partial charge in [-0.15, -0.1) is 11.3 Å². The molecule has 0 aliphatic carbocycles. The van der Waals surface area contributed by atoms with Crippen LogP contribution in [0.15, 0.2) is 14.1 Å². The fraction of sp³-hybridized carbons (Fsp3) is 0.500. The molecule has 2 aromatic rings. The van der Waals surface area contributed by atoms with Crippen LogP contribution >= 0.6 is 38.6 Å². The van der Waals surface area contributed by atoms with E-state index in [2.05, 4.69) is 26.2 Å². The Morgan fingerprint density at radius 1 is 1.37 bits per heavy atom. The minimum Gasteiger partial charge on any atom is -0.381 e. The molecule has 0 radical (unpaired) electrons. The van der Waals surface area contributed by atoms with Gasteiger partial charge in [-0.2, -0.15) is 4.31 Å². The van der Waals surface area contributed by atoms with E-state index < -0.39 is 10.0 Å². The van der Waals surface area contributed by atoms with E-state index >= 15 is 0 Å². The number of thiazole rings is 1. The van der Waals surface area contributed by atoms with Gasteiger partial charge in [0.15, 0.2) is 5.13 Å². The molecule has 0 atom stereocenters. The third-order valence-corrected chi connectivity index (χ3v) is 9.61. The van der Waals surface area contributed by atoms with Crippen LogP contribution in [0.4, 0.5) is 5.13 Å². The molecule has 1 fully saturated rings. The highest BCUT2D eigenvalue weighted by molar-refractivity contribution is 9.11. The summed E-state index contributed by atoms with van der Waals surface area (Å²) in [6.07, 6.45) is 1.51. The number of nitrogens with zero attached hydrogens (tertiary/aromatic N) is 2. The second kappa shape index (κ2) is 8.26. The molecule has 0 bridgehead atoms. The lowest BCUT2D eigenvalue weighted by molar-refractivity contribution is -0.114. The predicted octanol–water partition coefficient (Wildman–Crippen LogP) is 3.70. The summed E-state index contributed by atoms with van der Waals surface area (Å²) < 4.78 is 33.9. The molecule has 7 nitrogen and oxygen atoms in total. The van der Waals surface area contributed by atoms with Crippen molar-refractivity contribution in [2.45, 2.75) is 37.0 Å². The highest BCUT2D eigenvalue weighted by Crippen LogP contribution is 2.43. The molecule has 1 aliphatic heterocycles. The van der Waals surface area contributed by atoms with Gasteiger partial charge in [0.25, 0.3) is 10.0 Å². The Hall–Kier alpha value is -0.850. The summed E-state index contributed by atoms with van der Waals surface area (Å²) >= 11 is 6.01. The Kier molecular flexibility index (Phi) is 6.38. The van der Waals surface area contributed by atoms with Gasteiger partial charge in [0.05, 0.1) is 20.5 Å². The summed E-state index contributed by atoms with van der Waals surface area (Å²) in [4.78, 5) is 16.4. The van der Waals surface area contributed by atoms with Gasteiger partial charge in [0.2, 0.25) is 5.91 Å². The van der Waals surface area contributed by atoms with Gasteiger partial charge in [-0.05, 0) is 41.8 Å². The van der Waals surface area contributed by atoms with E-state index in [0.717, 1.165) is 19.9 Å². The molecular formula is C16H20BrN3O4S3. The SMILES string of the molecule is COC1CCN(S(=O)(=O)c2cc(-c3sc(NC(C)=O)nc3C)c(Br)s2)CC1. The molecule has 3 heterocycles. The summed E-state index contributed by atoms with van der Waals surface area (Å²) in [5, 5.41) is 3.17. The number of methoxy groups -OCH3 is 1. The van der Waals surface area contributed by atoms with E-state index in [1.54, 1.807) is 13.2 Å². The van der Waals surface area contributed by atoms with Crippen molar-refractivity contribution in [3.8, 4) is 10.4 Å². The highest BCUT2D eigenvalue weighted by atomic mass is 79.9. The highest BCUT2D eigenvalue weighted by Gasteiger charge is 2.31. The third kappa shape index (κ3) is 4.43. The van der Waals surface area contributed by atoms with E-state index in [9.17, 15) is 13.2 Å². The van der Waals surface area contributed by atoms with Crippen LogP contribution in [0, 0.1) is 6.92 Å². The molecule has 1 amide bonds. The van der Waals surface area contributed by atoms with E-state index in [1.807, 2.05) is 6.92 Å². The first-order valence-electron chi connectivity index (χ1n) is 8.30. The van der Waals surface area contributed by atoms with Gasteiger partial charge in [-0.25, -0.2) is 13.4 Å². The summed E-state index contributed by atoms with van der Waals surface area (Å²) in [5.74, 6) is -0.192. The lowest BCUT2D eigenvalue weighted by Crippen LogP contribution is -2.40. The van der Waals surface area contributed by atoms with E-state index in [-0.39, 0.29) is 12.0 Å². The number of amides is 1. The molecule has 1 N–H and O–H groups in total. The van der Waals surface area contributed by atoms with Crippen molar-refractivity contribution in [1.29, 1.82) is 0 Å². The predicted molar refractivity (Wildman–Crippen MR) is 111 cm³/mol. The average Bonchev–Trinajstić information content (AvgIpc) is 3.17. The number of anilines is 1. The molecule has 148 valence electrons. The standard InChI is InChI=1S/C16H20BrN3O4S3/c1-9-14(26-16(18-9)19-10(2)21)12-8-13(25-15(12)17)27(22,23)20-6-4-11(24-3)5-7-20/h8,11H,4-7H2,1-3H3,(H,18,19,21). The Balaban J connectivity index is 1.88. The maximum Gasteiger partial charge on any atom is 0.252 e. The van der Waals surface area contributed by atoms with Gasteiger partial charge in [0.1, 0.15) is 4.21 Å². The van der Waals surface area contributed by atoms with Crippen LogP contribution in [0.3, 0.4) is 0 Å². The first kappa shape index (κ1) is 20.9. The summed E-state index contributed by atoms with van der Waals surface area (Å²) in [6, 6.07) is 1.69. The number of aryl methyl sites for hydroxylation is 1. The molecule has 27 heavy (non-hydrogen) atoms. The van der Waals surface area contributed by atoms with Gasteiger partial charge in [0, 0.05) is 32.7 Å². The zero-order valence-corrected chi connectivity index (χ0v) is 19.1. The van der Waals surface area contributed by atoms with Crippen LogP contribution in [0.5, 0.6) is 0 Å². The first-order valence-corrected chi connectivity index (χ1v) is 12.2. The average molecular weight is 494 g/mol. The number of ether oxygens (including phenoxy) is 1. The molecule has 0 unspecified atom stereocenters. The monoisotopic (exact) mass is 493 g/mol. The zero-order chi connectivity index (χ0) is 19.8. The molecule has 11 heteroatoms. The third-order valence-electron chi connectivity index (χ3n) is 4.32. The van der Waals surface area contributed by atoms with E-state index in [1.165, 1.54) is 33.9 Å². The lowest BCUT2D eigenvalue weighted by atomic mass is 10.1. The molecule has 1 aliphatic rings. The van der Waals surface area contributed by atoms with Crippen LogP contribution in [-0.2, 0) is 19.6 Å². The van der Waals surface area contributed by atoms with Crippen LogP contribution in [0.1, 0.15) is 25.5 Å². The largest absolute Gasteiger partial charge is 0.381 e. The molecule has 2 aromatic heterocycles. The maximum atomic E-state index is 13.0. The van der Waals surface area contributed by atoms with Gasteiger partial charge >= 0.3 is 0 Å². The number of rotatable bonds is 5. The van der Waals surface area contributed by atoms with Crippen molar-refractivity contribution in [2.75, 3.05) is 25.5 Å². The van der Waals surface area contributed by atoms with Gasteiger partial charge in [-0.1, -0.05) is 11.3 Å². The van der Waals surface area contributed by atoms with Crippen LogP contribution in [0.25, 0.3) is 10.4 Å². The number of carbonyl (C=O) groups is 1. The normalized spacial score (nSPS) is 16.6. The lowest BCUT2D eigenvalue weighted by Gasteiger charge is -2.29. The van der Waals surface area contributed by atoms with Gasteiger partial charge in [-0.3, -0.25) is 4.79 Å². The zero-order valence-electron chi connectivity index (χ0n) is 15.1. The Morgan fingerprint density at radius 3 is 2.63 bits per heavy atom. The van der Waals surface area contributed by atoms with Crippen LogP contribution in [-0.4, -0.2) is 49.9 Å². The Bertz CT molecular complexity index is 946. The van der Waals surface area contributed by atoms with Crippen molar-refractivity contribution in [3.63, 3.8) is 0 Å². The second-order valence-corrected chi connectivity index (χ2v) is 11.7. The number of aromatic nitrogens is 1. The number of hydrogen-bond donors (Lipinski definition) is 1. The quantitative estimate of drug-likeness (QED) is 0.685. The topological polar surface area (TPSA) is 88.6 Å². The number of halogens is 1. The van der Waals surface area contributed by atoms with Crippen molar-refractivity contribution < 1.29 is 17.9 Å². The van der Waals surface area contributed by atoms with Crippen molar-refractivity contribution in [3.05, 3.63) is 15.5 Å². The minimum atomic E-state index is -3.55. The number of thiophene rings is 1. The fourth-order valence-corrected chi connectivity index (χ4v) is 8.13. The summed E-state index contributed by atoms with van der Waals surface area (Å²) in [6.45, 7) is 4.18. The van der Waals surface area contributed by atoms with Gasteiger partial charge < -0.3 is 10.1 Å². The molecule has 0 aromatic carbocycles. The second-order valence-electron chi connectivity index (χ2n) is 6.21. The maximum absolute atomic E-state index is 13.0. The number of piperidine rings is 1. The Morgan fingerprint density at radius 2 is 2.04 bits per heavy atom. The van der Waals surface area contributed by atoms with E-state index in [0.29, 0.717) is 35.3 Å². The molecule has 3 rings (SSSR count). The molecule has 0 spiro atoms. The fourth-order valence-electron chi connectivity index (χ4n) is 2.92. The molecule has 1 saturated heterocycles. The van der Waals surface area contributed by atoms with Crippen molar-refractivity contribution in [2.24, 2.45) is 0 Å². The van der Waals surface area contributed by atoms with Crippen molar-refractivity contribution in [1.82, 2.24) is 9.29 Å².